The minimum atomic E-state index is 0.0713. The van der Waals surface area contributed by atoms with E-state index in [1.165, 1.54) is 5.56 Å². The van der Waals surface area contributed by atoms with Crippen molar-refractivity contribution in [3.63, 3.8) is 0 Å². The van der Waals surface area contributed by atoms with Crippen molar-refractivity contribution >= 4 is 21.8 Å². The van der Waals surface area contributed by atoms with E-state index in [0.29, 0.717) is 0 Å². The Kier molecular flexibility index (Phi) is 4.33. The number of nitrogens with zero attached hydrogens (tertiary/aromatic N) is 1. The molecule has 0 aliphatic carbocycles. The molecule has 0 bridgehead atoms. The highest BCUT2D eigenvalue weighted by molar-refractivity contribution is 9.09. The van der Waals surface area contributed by atoms with Crippen molar-refractivity contribution in [3.05, 3.63) is 35.4 Å². The second-order valence-corrected chi connectivity index (χ2v) is 4.43. The van der Waals surface area contributed by atoms with Crippen LogP contribution in [0.1, 0.15) is 22.8 Å². The first-order valence-corrected chi connectivity index (χ1v) is 6.08. The summed E-state index contributed by atoms with van der Waals surface area (Å²) >= 11 is 3.37. The van der Waals surface area contributed by atoms with Crippen molar-refractivity contribution in [3.8, 4) is 0 Å². The molecule has 0 saturated heterocycles. The van der Waals surface area contributed by atoms with Gasteiger partial charge in [-0.15, -0.1) is 0 Å². The molecule has 0 radical (unpaired) electrons. The lowest BCUT2D eigenvalue weighted by Gasteiger charge is -2.23. The third-order valence-corrected chi connectivity index (χ3v) is 3.44. The number of aryl methyl sites for hydroxylation is 1. The average Bonchev–Trinajstić information content (AvgIpc) is 2.27. The molecule has 3 heteroatoms. The van der Waals surface area contributed by atoms with Gasteiger partial charge in [-0.2, -0.15) is 0 Å². The Morgan fingerprint density at radius 3 is 2.40 bits per heavy atom. The molecule has 1 unspecified atom stereocenters. The fourth-order valence-corrected chi connectivity index (χ4v) is 1.64. The molecule has 0 aromatic heterocycles. The van der Waals surface area contributed by atoms with Gasteiger partial charge in [-0.1, -0.05) is 33.6 Å². The number of benzene rings is 1. The summed E-state index contributed by atoms with van der Waals surface area (Å²) in [7, 11) is 1.83. The monoisotopic (exact) mass is 269 g/mol. The van der Waals surface area contributed by atoms with E-state index >= 15 is 0 Å². The van der Waals surface area contributed by atoms with Crippen LogP contribution in [-0.2, 0) is 0 Å². The molecule has 2 nitrogen and oxygen atoms in total. The molecule has 0 aliphatic rings. The van der Waals surface area contributed by atoms with Crippen molar-refractivity contribution in [2.45, 2.75) is 19.9 Å². The summed E-state index contributed by atoms with van der Waals surface area (Å²) in [4.78, 5) is 13.7. The summed E-state index contributed by atoms with van der Waals surface area (Å²) in [6.45, 7) is 4.03. The summed E-state index contributed by atoms with van der Waals surface area (Å²) < 4.78 is 0. The zero-order chi connectivity index (χ0) is 11.4. The van der Waals surface area contributed by atoms with E-state index in [1.54, 1.807) is 4.90 Å². The van der Waals surface area contributed by atoms with Gasteiger partial charge in [0.15, 0.2) is 0 Å². The van der Waals surface area contributed by atoms with E-state index in [9.17, 15) is 4.79 Å². The standard InChI is InChI=1S/C12H16BrNO/c1-9-4-6-11(7-5-9)12(15)14(3)10(2)8-13/h4-7,10H,8H2,1-3H3. The van der Waals surface area contributed by atoms with Gasteiger partial charge in [0.05, 0.1) is 0 Å². The first kappa shape index (κ1) is 12.2. The number of alkyl halides is 1. The molecular weight excluding hydrogens is 254 g/mol. The van der Waals surface area contributed by atoms with Gasteiger partial charge in [-0.3, -0.25) is 4.79 Å². The number of rotatable bonds is 3. The number of hydrogen-bond donors (Lipinski definition) is 0. The molecule has 1 atom stereocenters. The van der Waals surface area contributed by atoms with Crippen LogP contribution in [0.2, 0.25) is 0 Å². The minimum absolute atomic E-state index is 0.0713. The van der Waals surface area contributed by atoms with Crippen LogP contribution >= 0.6 is 15.9 Å². The van der Waals surface area contributed by atoms with Crippen molar-refractivity contribution in [1.82, 2.24) is 4.90 Å². The van der Waals surface area contributed by atoms with Gasteiger partial charge in [0.1, 0.15) is 0 Å². The first-order chi connectivity index (χ1) is 7.06. The first-order valence-electron chi connectivity index (χ1n) is 4.96. The number of carbonyl (C=O) groups excluding carboxylic acids is 1. The van der Waals surface area contributed by atoms with Gasteiger partial charge < -0.3 is 4.90 Å². The van der Waals surface area contributed by atoms with E-state index < -0.39 is 0 Å². The summed E-state index contributed by atoms with van der Waals surface area (Å²) in [6, 6.07) is 7.86. The van der Waals surface area contributed by atoms with Gasteiger partial charge in [-0.25, -0.2) is 0 Å². The molecule has 1 aromatic carbocycles. The highest BCUT2D eigenvalue weighted by Crippen LogP contribution is 2.09. The average molecular weight is 270 g/mol. The summed E-state index contributed by atoms with van der Waals surface area (Å²) in [5, 5.41) is 0.793. The molecule has 0 aliphatic heterocycles. The van der Waals surface area contributed by atoms with E-state index in [0.717, 1.165) is 10.9 Å². The van der Waals surface area contributed by atoms with Crippen molar-refractivity contribution in [1.29, 1.82) is 0 Å². The van der Waals surface area contributed by atoms with Crippen LogP contribution in [0.15, 0.2) is 24.3 Å². The lowest BCUT2D eigenvalue weighted by Crippen LogP contribution is -2.36. The Bertz CT molecular complexity index is 334. The topological polar surface area (TPSA) is 20.3 Å². The Morgan fingerprint density at radius 1 is 1.40 bits per heavy atom. The van der Waals surface area contributed by atoms with E-state index in [1.807, 2.05) is 45.2 Å². The zero-order valence-electron chi connectivity index (χ0n) is 9.33. The Morgan fingerprint density at radius 2 is 1.93 bits per heavy atom. The van der Waals surface area contributed by atoms with Crippen LogP contribution in [0.5, 0.6) is 0 Å². The molecule has 15 heavy (non-hydrogen) atoms. The number of carbonyl (C=O) groups is 1. The summed E-state index contributed by atoms with van der Waals surface area (Å²) in [5.74, 6) is 0.0713. The SMILES string of the molecule is Cc1ccc(C(=O)N(C)C(C)CBr)cc1. The summed E-state index contributed by atoms with van der Waals surface area (Å²) in [5.41, 5.74) is 1.92. The second kappa shape index (κ2) is 5.31. The third-order valence-electron chi connectivity index (χ3n) is 2.50. The molecular formula is C12H16BrNO. The van der Waals surface area contributed by atoms with Crippen molar-refractivity contribution in [2.75, 3.05) is 12.4 Å². The molecule has 0 spiro atoms. The highest BCUT2D eigenvalue weighted by atomic mass is 79.9. The Balaban J connectivity index is 2.80. The highest BCUT2D eigenvalue weighted by Gasteiger charge is 2.15. The zero-order valence-corrected chi connectivity index (χ0v) is 10.9. The summed E-state index contributed by atoms with van der Waals surface area (Å²) in [6.07, 6.45) is 0. The van der Waals surface area contributed by atoms with Crippen molar-refractivity contribution < 1.29 is 4.79 Å². The molecule has 0 fully saturated rings. The molecule has 0 saturated carbocycles. The normalized spacial score (nSPS) is 12.3. The van der Waals surface area contributed by atoms with Crippen LogP contribution in [0.4, 0.5) is 0 Å². The molecule has 1 rings (SSSR count). The van der Waals surface area contributed by atoms with Crippen LogP contribution in [0, 0.1) is 6.92 Å². The minimum Gasteiger partial charge on any atom is -0.338 e. The van der Waals surface area contributed by atoms with Crippen LogP contribution in [-0.4, -0.2) is 29.2 Å². The third kappa shape index (κ3) is 3.06. The lowest BCUT2D eigenvalue weighted by atomic mass is 10.1. The maximum atomic E-state index is 12.0. The fourth-order valence-electron chi connectivity index (χ4n) is 1.20. The van der Waals surface area contributed by atoms with E-state index in [2.05, 4.69) is 15.9 Å². The maximum absolute atomic E-state index is 12.0. The fraction of sp³-hybridized carbons (Fsp3) is 0.417. The van der Waals surface area contributed by atoms with Crippen molar-refractivity contribution in [2.24, 2.45) is 0 Å². The molecule has 0 heterocycles. The van der Waals surface area contributed by atoms with E-state index in [-0.39, 0.29) is 11.9 Å². The van der Waals surface area contributed by atoms with Crippen LogP contribution < -0.4 is 0 Å². The molecule has 1 aromatic rings. The smallest absolute Gasteiger partial charge is 0.253 e. The van der Waals surface area contributed by atoms with Gasteiger partial charge in [0.25, 0.3) is 5.91 Å². The predicted octanol–water partition coefficient (Wildman–Crippen LogP) is 2.85. The molecule has 82 valence electrons. The van der Waals surface area contributed by atoms with Gasteiger partial charge >= 0.3 is 0 Å². The number of hydrogen-bond acceptors (Lipinski definition) is 1. The number of amides is 1. The van der Waals surface area contributed by atoms with Gasteiger partial charge in [0.2, 0.25) is 0 Å². The molecule has 1 amide bonds. The second-order valence-electron chi connectivity index (χ2n) is 3.79. The van der Waals surface area contributed by atoms with E-state index in [4.69, 9.17) is 0 Å². The quantitative estimate of drug-likeness (QED) is 0.773. The Hall–Kier alpha value is -0.830. The Labute approximate surface area is 99.4 Å². The van der Waals surface area contributed by atoms with Crippen LogP contribution in [0.3, 0.4) is 0 Å². The lowest BCUT2D eigenvalue weighted by molar-refractivity contribution is 0.0758. The number of halogens is 1. The van der Waals surface area contributed by atoms with Gasteiger partial charge in [0, 0.05) is 24.0 Å². The molecule has 0 N–H and O–H groups in total. The maximum Gasteiger partial charge on any atom is 0.253 e. The van der Waals surface area contributed by atoms with Crippen LogP contribution in [0.25, 0.3) is 0 Å². The van der Waals surface area contributed by atoms with Gasteiger partial charge in [-0.05, 0) is 26.0 Å². The largest absolute Gasteiger partial charge is 0.338 e. The predicted molar refractivity (Wildman–Crippen MR) is 66.5 cm³/mol.